The molecule has 1 aliphatic heterocycles. The van der Waals surface area contributed by atoms with Crippen LogP contribution >= 0.6 is 12.4 Å². The molecule has 0 saturated carbocycles. The number of halogens is 1. The van der Waals surface area contributed by atoms with Gasteiger partial charge in [-0.3, -0.25) is 4.79 Å². The Bertz CT molecular complexity index is 445. The maximum atomic E-state index is 12.2. The van der Waals surface area contributed by atoms with E-state index in [0.29, 0.717) is 12.3 Å². The van der Waals surface area contributed by atoms with E-state index in [1.54, 1.807) is 0 Å². The zero-order valence-electron chi connectivity index (χ0n) is 13.0. The summed E-state index contributed by atoms with van der Waals surface area (Å²) in [5, 5.41) is 0. The fourth-order valence-electron chi connectivity index (χ4n) is 2.72. The minimum absolute atomic E-state index is 0. The van der Waals surface area contributed by atoms with Crippen molar-refractivity contribution in [1.29, 1.82) is 0 Å². The molecule has 0 aliphatic carbocycles. The van der Waals surface area contributed by atoms with Crippen molar-refractivity contribution in [3.63, 3.8) is 0 Å². The summed E-state index contributed by atoms with van der Waals surface area (Å²) in [6.45, 7) is 5.99. The highest BCUT2D eigenvalue weighted by molar-refractivity contribution is 5.85. The summed E-state index contributed by atoms with van der Waals surface area (Å²) in [5.74, 6) is 0.800. The van der Waals surface area contributed by atoms with E-state index in [0.717, 1.165) is 32.4 Å². The standard InChI is InChI=1S/C17H26N2O.ClH/c1-13(2)15-8-5-14(6-9-15)7-10-17(20)19-11-3-4-16(18)12-19;/h5-6,8-9,13,16H,3-4,7,10-12,18H2,1-2H3;1H. The fraction of sp³-hybridized carbons (Fsp3) is 0.588. The van der Waals surface area contributed by atoms with E-state index in [4.69, 9.17) is 5.73 Å². The highest BCUT2D eigenvalue weighted by Gasteiger charge is 2.20. The van der Waals surface area contributed by atoms with Gasteiger partial charge in [-0.1, -0.05) is 38.1 Å². The molecule has 2 rings (SSSR count). The monoisotopic (exact) mass is 310 g/mol. The zero-order chi connectivity index (χ0) is 14.5. The highest BCUT2D eigenvalue weighted by Crippen LogP contribution is 2.16. The molecule has 0 spiro atoms. The molecule has 1 amide bonds. The van der Waals surface area contributed by atoms with Crippen LogP contribution in [0.4, 0.5) is 0 Å². The van der Waals surface area contributed by atoms with Crippen LogP contribution in [0.2, 0.25) is 0 Å². The number of carbonyl (C=O) groups excluding carboxylic acids is 1. The summed E-state index contributed by atoms with van der Waals surface area (Å²) in [6.07, 6.45) is 3.49. The van der Waals surface area contributed by atoms with E-state index in [-0.39, 0.29) is 24.4 Å². The van der Waals surface area contributed by atoms with E-state index >= 15 is 0 Å². The molecule has 1 saturated heterocycles. The van der Waals surface area contributed by atoms with Crippen molar-refractivity contribution in [3.05, 3.63) is 35.4 Å². The van der Waals surface area contributed by atoms with Gasteiger partial charge >= 0.3 is 0 Å². The number of rotatable bonds is 4. The molecular weight excluding hydrogens is 284 g/mol. The van der Waals surface area contributed by atoms with Gasteiger partial charge in [-0.15, -0.1) is 12.4 Å². The van der Waals surface area contributed by atoms with Crippen LogP contribution in [0.15, 0.2) is 24.3 Å². The van der Waals surface area contributed by atoms with Crippen LogP contribution in [0.3, 0.4) is 0 Å². The number of likely N-dealkylation sites (tertiary alicyclic amines) is 1. The van der Waals surface area contributed by atoms with Gasteiger partial charge in [0.25, 0.3) is 0 Å². The number of amides is 1. The normalized spacial score (nSPS) is 18.5. The largest absolute Gasteiger partial charge is 0.341 e. The lowest BCUT2D eigenvalue weighted by Crippen LogP contribution is -2.45. The molecule has 1 heterocycles. The Morgan fingerprint density at radius 3 is 2.57 bits per heavy atom. The van der Waals surface area contributed by atoms with Gasteiger partial charge in [-0.25, -0.2) is 0 Å². The molecule has 21 heavy (non-hydrogen) atoms. The lowest BCUT2D eigenvalue weighted by Gasteiger charge is -2.30. The molecule has 1 aromatic carbocycles. The lowest BCUT2D eigenvalue weighted by atomic mass is 10.00. The summed E-state index contributed by atoms with van der Waals surface area (Å²) in [4.78, 5) is 14.1. The number of nitrogens with zero attached hydrogens (tertiary/aromatic N) is 1. The second kappa shape index (κ2) is 8.40. The number of hydrogen-bond acceptors (Lipinski definition) is 2. The molecular formula is C17H27ClN2O. The average Bonchev–Trinajstić information content (AvgIpc) is 2.45. The van der Waals surface area contributed by atoms with Crippen molar-refractivity contribution >= 4 is 18.3 Å². The third-order valence-corrected chi connectivity index (χ3v) is 4.08. The van der Waals surface area contributed by atoms with Gasteiger partial charge in [0, 0.05) is 25.6 Å². The molecule has 118 valence electrons. The molecule has 0 aromatic heterocycles. The van der Waals surface area contributed by atoms with Crippen LogP contribution in [0, 0.1) is 0 Å². The van der Waals surface area contributed by atoms with Crippen LogP contribution in [0.1, 0.15) is 50.2 Å². The number of piperidine rings is 1. The molecule has 1 aliphatic rings. The van der Waals surface area contributed by atoms with Crippen LogP contribution in [0.5, 0.6) is 0 Å². The number of hydrogen-bond donors (Lipinski definition) is 1. The smallest absolute Gasteiger partial charge is 0.222 e. The van der Waals surface area contributed by atoms with Crippen LogP contribution in [0.25, 0.3) is 0 Å². The minimum Gasteiger partial charge on any atom is -0.341 e. The summed E-state index contributed by atoms with van der Waals surface area (Å²) in [6, 6.07) is 8.79. The Kier molecular flexibility index (Phi) is 7.20. The molecule has 1 unspecified atom stereocenters. The maximum Gasteiger partial charge on any atom is 0.222 e. The fourth-order valence-corrected chi connectivity index (χ4v) is 2.72. The number of nitrogens with two attached hydrogens (primary N) is 1. The third-order valence-electron chi connectivity index (χ3n) is 4.08. The third kappa shape index (κ3) is 5.33. The van der Waals surface area contributed by atoms with Crippen molar-refractivity contribution in [1.82, 2.24) is 4.90 Å². The van der Waals surface area contributed by atoms with Gasteiger partial charge in [0.05, 0.1) is 0 Å². The van der Waals surface area contributed by atoms with Crippen molar-refractivity contribution in [2.24, 2.45) is 5.73 Å². The molecule has 3 nitrogen and oxygen atoms in total. The predicted octanol–water partition coefficient (Wildman–Crippen LogP) is 3.11. The molecule has 1 fully saturated rings. The van der Waals surface area contributed by atoms with Crippen molar-refractivity contribution < 1.29 is 4.79 Å². The molecule has 0 radical (unpaired) electrons. The molecule has 1 atom stereocenters. The van der Waals surface area contributed by atoms with E-state index in [2.05, 4.69) is 38.1 Å². The lowest BCUT2D eigenvalue weighted by molar-refractivity contribution is -0.132. The van der Waals surface area contributed by atoms with E-state index < -0.39 is 0 Å². The van der Waals surface area contributed by atoms with Gasteiger partial charge in [0.15, 0.2) is 0 Å². The molecule has 2 N–H and O–H groups in total. The molecule has 4 heteroatoms. The van der Waals surface area contributed by atoms with Gasteiger partial charge in [-0.2, -0.15) is 0 Å². The first kappa shape index (κ1) is 18.0. The average molecular weight is 311 g/mol. The Labute approximate surface area is 134 Å². The quantitative estimate of drug-likeness (QED) is 0.929. The first-order valence-electron chi connectivity index (χ1n) is 7.68. The summed E-state index contributed by atoms with van der Waals surface area (Å²) >= 11 is 0. The SMILES string of the molecule is CC(C)c1ccc(CCC(=O)N2CCCC(N)C2)cc1.Cl. The minimum atomic E-state index is 0. The highest BCUT2D eigenvalue weighted by atomic mass is 35.5. The van der Waals surface area contributed by atoms with Crippen molar-refractivity contribution in [2.45, 2.75) is 51.5 Å². The van der Waals surface area contributed by atoms with Crippen LogP contribution < -0.4 is 5.73 Å². The summed E-state index contributed by atoms with van der Waals surface area (Å²) < 4.78 is 0. The van der Waals surface area contributed by atoms with Gasteiger partial charge in [0.1, 0.15) is 0 Å². The van der Waals surface area contributed by atoms with E-state index in [9.17, 15) is 4.79 Å². The Morgan fingerprint density at radius 2 is 2.00 bits per heavy atom. The van der Waals surface area contributed by atoms with Gasteiger partial charge in [-0.05, 0) is 36.3 Å². The molecule has 0 bridgehead atoms. The van der Waals surface area contributed by atoms with E-state index in [1.807, 2.05) is 4.90 Å². The first-order valence-corrected chi connectivity index (χ1v) is 7.68. The zero-order valence-corrected chi connectivity index (χ0v) is 13.9. The number of carbonyl (C=O) groups is 1. The number of aryl methyl sites for hydroxylation is 1. The Morgan fingerprint density at radius 1 is 1.33 bits per heavy atom. The molecule has 1 aromatic rings. The first-order chi connectivity index (χ1) is 9.56. The van der Waals surface area contributed by atoms with Gasteiger partial charge < -0.3 is 10.6 Å². The number of benzene rings is 1. The van der Waals surface area contributed by atoms with E-state index in [1.165, 1.54) is 11.1 Å². The Hall–Kier alpha value is -1.06. The predicted molar refractivity (Wildman–Crippen MR) is 89.9 cm³/mol. The Balaban J connectivity index is 0.00000220. The summed E-state index contributed by atoms with van der Waals surface area (Å²) in [5.41, 5.74) is 8.51. The van der Waals surface area contributed by atoms with Crippen molar-refractivity contribution in [3.8, 4) is 0 Å². The van der Waals surface area contributed by atoms with Crippen LogP contribution in [-0.4, -0.2) is 29.9 Å². The summed E-state index contributed by atoms with van der Waals surface area (Å²) in [7, 11) is 0. The second-order valence-corrected chi connectivity index (χ2v) is 6.14. The maximum absolute atomic E-state index is 12.2. The topological polar surface area (TPSA) is 46.3 Å². The van der Waals surface area contributed by atoms with Crippen molar-refractivity contribution in [2.75, 3.05) is 13.1 Å². The van der Waals surface area contributed by atoms with Crippen LogP contribution in [-0.2, 0) is 11.2 Å². The van der Waals surface area contributed by atoms with Gasteiger partial charge in [0.2, 0.25) is 5.91 Å². The second-order valence-electron chi connectivity index (χ2n) is 6.14.